The third kappa shape index (κ3) is 5.33. The van der Waals surface area contributed by atoms with Gasteiger partial charge in [0.25, 0.3) is 0 Å². The minimum atomic E-state index is -1.05. The number of ether oxygens (including phenoxy) is 1. The summed E-state index contributed by atoms with van der Waals surface area (Å²) in [7, 11) is 1.88. The van der Waals surface area contributed by atoms with Gasteiger partial charge in [0.2, 0.25) is 0 Å². The van der Waals surface area contributed by atoms with Gasteiger partial charge in [-0.2, -0.15) is 0 Å². The molecule has 0 saturated heterocycles. The molecule has 1 N–H and O–H groups in total. The summed E-state index contributed by atoms with van der Waals surface area (Å²) in [4.78, 5) is 15.3. The van der Waals surface area contributed by atoms with Gasteiger partial charge in [-0.25, -0.2) is 4.68 Å². The minimum Gasteiger partial charge on any atom is -0.489 e. The lowest BCUT2D eigenvalue weighted by Gasteiger charge is -2.33. The number of rotatable bonds is 7. The van der Waals surface area contributed by atoms with E-state index in [0.29, 0.717) is 0 Å². The second-order valence-electron chi connectivity index (χ2n) is 13.2. The van der Waals surface area contributed by atoms with Crippen LogP contribution in [-0.2, 0) is 37.8 Å². The molecule has 1 unspecified atom stereocenters. The van der Waals surface area contributed by atoms with Crippen molar-refractivity contribution < 1.29 is 14.6 Å². The Balaban J connectivity index is 1.40. The molecule has 1 aromatic heterocycles. The van der Waals surface area contributed by atoms with Crippen LogP contribution in [0.2, 0.25) is 0 Å². The Morgan fingerprint density at radius 3 is 2.65 bits per heavy atom. The number of nitrogens with zero attached hydrogens (tertiary/aromatic N) is 4. The fraction of sp³-hybridized carbons (Fsp3) is 0.472. The first-order valence-corrected chi connectivity index (χ1v) is 15.7. The number of carbonyl (C=O) groups is 1. The lowest BCUT2D eigenvalue weighted by molar-refractivity contribution is -0.147. The van der Waals surface area contributed by atoms with Crippen LogP contribution in [0.15, 0.2) is 42.5 Å². The van der Waals surface area contributed by atoms with E-state index in [1.807, 2.05) is 33.9 Å². The van der Waals surface area contributed by atoms with Gasteiger partial charge < -0.3 is 9.84 Å². The number of carboxylic acids is 1. The van der Waals surface area contributed by atoms with Crippen LogP contribution in [0.25, 0.3) is 11.0 Å². The van der Waals surface area contributed by atoms with E-state index < -0.39 is 11.4 Å². The Labute approximate surface area is 254 Å². The molecule has 7 heteroatoms. The van der Waals surface area contributed by atoms with Gasteiger partial charge in [-0.05, 0) is 111 Å². The highest BCUT2D eigenvalue weighted by molar-refractivity contribution is 5.81. The number of fused-ring (bicyclic) bond motifs is 4. The van der Waals surface area contributed by atoms with Crippen molar-refractivity contribution in [3.63, 3.8) is 0 Å². The Bertz CT molecular complexity index is 1690. The van der Waals surface area contributed by atoms with Crippen LogP contribution in [0.1, 0.15) is 90.5 Å². The predicted octanol–water partition coefficient (Wildman–Crippen LogP) is 6.88. The number of aliphatic carboxylic acids is 1. The highest BCUT2D eigenvalue weighted by atomic mass is 16.5. The minimum absolute atomic E-state index is 0.131. The second-order valence-corrected chi connectivity index (χ2v) is 13.2. The summed E-state index contributed by atoms with van der Waals surface area (Å²) in [5, 5.41) is 19.1. The molecule has 0 radical (unpaired) electrons. The van der Waals surface area contributed by atoms with E-state index >= 15 is 0 Å². The van der Waals surface area contributed by atoms with E-state index in [4.69, 9.17) is 4.74 Å². The summed E-state index contributed by atoms with van der Waals surface area (Å²) in [6, 6.07) is 15.1. The van der Waals surface area contributed by atoms with E-state index in [0.717, 1.165) is 72.4 Å². The van der Waals surface area contributed by atoms with Crippen molar-refractivity contribution in [3.8, 4) is 5.75 Å². The van der Waals surface area contributed by atoms with Crippen LogP contribution in [0, 0.1) is 19.3 Å². The largest absolute Gasteiger partial charge is 0.489 e. The molecule has 2 aliphatic rings. The second kappa shape index (κ2) is 11.4. The fourth-order valence-electron chi connectivity index (χ4n) is 7.24. The van der Waals surface area contributed by atoms with E-state index in [9.17, 15) is 9.90 Å². The maximum Gasteiger partial charge on any atom is 0.310 e. The monoisotopic (exact) mass is 580 g/mol. The summed E-state index contributed by atoms with van der Waals surface area (Å²) in [5.74, 6) is -0.131. The molecule has 43 heavy (non-hydrogen) atoms. The van der Waals surface area contributed by atoms with Gasteiger partial charge in [0.15, 0.2) is 0 Å². The molecule has 1 aliphatic carbocycles. The lowest BCUT2D eigenvalue weighted by Crippen LogP contribution is -2.33. The number of carboxylic acid groups (broad SMARTS) is 1. The summed E-state index contributed by atoms with van der Waals surface area (Å²) >= 11 is 0. The molecule has 4 aromatic rings. The predicted molar refractivity (Wildman–Crippen MR) is 170 cm³/mol. The van der Waals surface area contributed by atoms with Gasteiger partial charge in [0.05, 0.1) is 10.9 Å². The molecule has 0 bridgehead atoms. The molecular weight excluding hydrogens is 536 g/mol. The van der Waals surface area contributed by atoms with Gasteiger partial charge in [-0.15, -0.1) is 5.10 Å². The molecule has 0 spiro atoms. The molecule has 0 fully saturated rings. The van der Waals surface area contributed by atoms with E-state index in [1.54, 1.807) is 4.68 Å². The zero-order valence-corrected chi connectivity index (χ0v) is 26.4. The van der Waals surface area contributed by atoms with E-state index in [1.165, 1.54) is 40.7 Å². The summed E-state index contributed by atoms with van der Waals surface area (Å²) in [6.45, 7) is 12.6. The number of hydrogen-bond donors (Lipinski definition) is 1. The van der Waals surface area contributed by atoms with E-state index in [-0.39, 0.29) is 12.0 Å². The molecule has 6 rings (SSSR count). The SMILES string of the molecule is CC[C@@H]1CN(Cc2cc(C(c3ccc4c(nnn4C)c3C)C(C)(C)C(=O)O)ccc2C)Cc2c(ccc3c2CCCC3)O1. The molecule has 2 atom stereocenters. The molecule has 0 amide bonds. The summed E-state index contributed by atoms with van der Waals surface area (Å²) in [5.41, 5.74) is 10.4. The highest BCUT2D eigenvalue weighted by Crippen LogP contribution is 2.44. The van der Waals surface area contributed by atoms with Crippen LogP contribution >= 0.6 is 0 Å². The first-order chi connectivity index (χ1) is 20.6. The lowest BCUT2D eigenvalue weighted by atomic mass is 9.69. The Morgan fingerprint density at radius 2 is 1.88 bits per heavy atom. The van der Waals surface area contributed by atoms with Crippen LogP contribution in [-0.4, -0.2) is 43.6 Å². The van der Waals surface area contributed by atoms with E-state index in [2.05, 4.69) is 65.5 Å². The maximum atomic E-state index is 12.7. The van der Waals surface area contributed by atoms with Gasteiger partial charge >= 0.3 is 5.97 Å². The van der Waals surface area contributed by atoms with Gasteiger partial charge in [0, 0.05) is 38.2 Å². The van der Waals surface area contributed by atoms with Crippen LogP contribution in [0.5, 0.6) is 5.75 Å². The van der Waals surface area contributed by atoms with Crippen molar-refractivity contribution in [1.29, 1.82) is 0 Å². The fourth-order valence-corrected chi connectivity index (χ4v) is 7.24. The van der Waals surface area contributed by atoms with Gasteiger partial charge in [0.1, 0.15) is 17.4 Å². The van der Waals surface area contributed by atoms with Crippen molar-refractivity contribution in [2.45, 2.75) is 91.8 Å². The normalized spacial score (nSPS) is 18.0. The quantitative estimate of drug-likeness (QED) is 0.257. The molecular formula is C36H44N4O3. The van der Waals surface area contributed by atoms with Crippen molar-refractivity contribution in [3.05, 3.63) is 87.0 Å². The molecule has 226 valence electrons. The third-order valence-corrected chi connectivity index (χ3v) is 9.96. The Hall–Kier alpha value is -3.71. The zero-order chi connectivity index (χ0) is 30.5. The van der Waals surface area contributed by atoms with Gasteiger partial charge in [-0.1, -0.05) is 42.5 Å². The van der Waals surface area contributed by atoms with Crippen molar-refractivity contribution >= 4 is 17.0 Å². The Morgan fingerprint density at radius 1 is 1.09 bits per heavy atom. The molecule has 0 saturated carbocycles. The van der Waals surface area contributed by atoms with Crippen molar-refractivity contribution in [2.24, 2.45) is 12.5 Å². The van der Waals surface area contributed by atoms with Crippen LogP contribution < -0.4 is 4.74 Å². The van der Waals surface area contributed by atoms with Crippen molar-refractivity contribution in [1.82, 2.24) is 19.9 Å². The van der Waals surface area contributed by atoms with Crippen LogP contribution in [0.3, 0.4) is 0 Å². The van der Waals surface area contributed by atoms with Gasteiger partial charge in [-0.3, -0.25) is 9.69 Å². The topological polar surface area (TPSA) is 80.5 Å². The summed E-state index contributed by atoms with van der Waals surface area (Å²) in [6.07, 6.45) is 5.86. The zero-order valence-electron chi connectivity index (χ0n) is 26.4. The number of benzene rings is 3. The molecule has 7 nitrogen and oxygen atoms in total. The molecule has 1 aliphatic heterocycles. The molecule has 3 aromatic carbocycles. The maximum absolute atomic E-state index is 12.7. The first-order valence-electron chi connectivity index (χ1n) is 15.7. The average Bonchev–Trinajstić information content (AvgIpc) is 3.26. The highest BCUT2D eigenvalue weighted by Gasteiger charge is 2.40. The standard InChI is InChI=1S/C36H44N4O3/c1-7-27-20-40(21-30-29-11-9-8-10-24(29)14-17-32(30)43-27)19-26-18-25(13-12-22(26)2)33(36(4,5)35(41)42)28-15-16-31-34(23(28)3)37-38-39(31)6/h12-18,27,33H,7-11,19-21H2,1-6H3,(H,41,42)/t27-,33?/m1/s1. The summed E-state index contributed by atoms with van der Waals surface area (Å²) < 4.78 is 8.35. The smallest absolute Gasteiger partial charge is 0.310 e. The number of aryl methyl sites for hydroxylation is 4. The number of hydrogen-bond acceptors (Lipinski definition) is 5. The first kappa shape index (κ1) is 29.4. The third-order valence-electron chi connectivity index (χ3n) is 9.96. The Kier molecular flexibility index (Phi) is 7.80. The van der Waals surface area contributed by atoms with Crippen molar-refractivity contribution in [2.75, 3.05) is 6.54 Å². The molecule has 2 heterocycles. The average molecular weight is 581 g/mol. The van der Waals surface area contributed by atoms with Crippen LogP contribution in [0.4, 0.5) is 0 Å². The number of aromatic nitrogens is 3.